The van der Waals surface area contributed by atoms with Gasteiger partial charge in [-0.1, -0.05) is 12.2 Å². The summed E-state index contributed by atoms with van der Waals surface area (Å²) in [6.07, 6.45) is 4.03. The molecular formula is C21H24N2O5S. The largest absolute Gasteiger partial charge is 0.497 e. The van der Waals surface area contributed by atoms with E-state index in [1.54, 1.807) is 43.8 Å². The van der Waals surface area contributed by atoms with Crippen LogP contribution in [0.15, 0.2) is 41.1 Å². The van der Waals surface area contributed by atoms with Crippen molar-refractivity contribution in [3.8, 4) is 11.5 Å². The number of hydrogen-bond acceptors (Lipinski definition) is 6. The third-order valence-corrected chi connectivity index (χ3v) is 5.80. The smallest absolute Gasteiger partial charge is 0.319 e. The summed E-state index contributed by atoms with van der Waals surface area (Å²) in [5, 5.41) is 9.93. The summed E-state index contributed by atoms with van der Waals surface area (Å²) >= 11 is 1.67. The zero-order valence-corrected chi connectivity index (χ0v) is 17.1. The molecule has 2 saturated heterocycles. The molecule has 2 fully saturated rings. The molecule has 1 aromatic heterocycles. The van der Waals surface area contributed by atoms with E-state index in [-0.39, 0.29) is 30.2 Å². The van der Waals surface area contributed by atoms with Gasteiger partial charge in [-0.15, -0.1) is 0 Å². The number of amides is 2. The summed E-state index contributed by atoms with van der Waals surface area (Å²) in [5.41, 5.74) is 1.76. The van der Waals surface area contributed by atoms with E-state index < -0.39 is 0 Å². The standard InChI is InChI=1S/C21H24N2O5S/c1-25-16-7-15(8-17(9-16)26-2)22-21(24)23-18-11-28-19-14(10-27-20(18)19)4-3-13-5-6-29-12-13/h3-9,12,14,18-20H,10-11H2,1-2H3,(H2,22,23,24)/b4-3-/t14-,18-,19+,20+/m0/s1. The molecule has 0 bridgehead atoms. The van der Waals surface area contributed by atoms with Gasteiger partial charge < -0.3 is 29.6 Å². The minimum Gasteiger partial charge on any atom is -0.497 e. The zero-order valence-electron chi connectivity index (χ0n) is 16.3. The molecule has 4 rings (SSSR count). The molecule has 154 valence electrons. The number of carbonyl (C=O) groups is 1. The molecular weight excluding hydrogens is 392 g/mol. The Balaban J connectivity index is 1.34. The molecule has 8 heteroatoms. The van der Waals surface area contributed by atoms with Crippen LogP contribution in [0.1, 0.15) is 5.56 Å². The van der Waals surface area contributed by atoms with E-state index in [9.17, 15) is 4.79 Å². The number of carbonyl (C=O) groups excluding carboxylic acids is 1. The zero-order chi connectivity index (χ0) is 20.2. The van der Waals surface area contributed by atoms with Gasteiger partial charge in [0.05, 0.1) is 39.6 Å². The van der Waals surface area contributed by atoms with Gasteiger partial charge in [0, 0.05) is 29.8 Å². The van der Waals surface area contributed by atoms with Crippen LogP contribution in [-0.4, -0.2) is 51.7 Å². The summed E-state index contributed by atoms with van der Waals surface area (Å²) in [4.78, 5) is 12.5. The van der Waals surface area contributed by atoms with Crippen molar-refractivity contribution in [1.29, 1.82) is 0 Å². The molecule has 7 nitrogen and oxygen atoms in total. The van der Waals surface area contributed by atoms with Crippen LogP contribution in [0.25, 0.3) is 6.08 Å². The molecule has 29 heavy (non-hydrogen) atoms. The number of ether oxygens (including phenoxy) is 4. The average Bonchev–Trinajstić information content (AvgIpc) is 3.45. The highest BCUT2D eigenvalue weighted by Gasteiger charge is 2.47. The fourth-order valence-electron chi connectivity index (χ4n) is 3.64. The number of rotatable bonds is 6. The van der Waals surface area contributed by atoms with Crippen LogP contribution in [0.3, 0.4) is 0 Å². The molecule has 2 N–H and O–H groups in total. The summed E-state index contributed by atoms with van der Waals surface area (Å²) in [5.74, 6) is 1.38. The van der Waals surface area contributed by atoms with E-state index in [1.807, 2.05) is 0 Å². The first kappa shape index (κ1) is 19.8. The molecule has 4 atom stereocenters. The van der Waals surface area contributed by atoms with E-state index in [0.717, 1.165) is 0 Å². The molecule has 0 radical (unpaired) electrons. The van der Waals surface area contributed by atoms with Crippen LogP contribution < -0.4 is 20.1 Å². The molecule has 3 heterocycles. The lowest BCUT2D eigenvalue weighted by Gasteiger charge is -2.18. The van der Waals surface area contributed by atoms with Crippen molar-refractivity contribution in [2.24, 2.45) is 5.92 Å². The maximum atomic E-state index is 12.5. The van der Waals surface area contributed by atoms with Crippen molar-refractivity contribution in [2.45, 2.75) is 18.2 Å². The molecule has 2 aliphatic heterocycles. The molecule has 2 aromatic rings. The van der Waals surface area contributed by atoms with Gasteiger partial charge in [0.15, 0.2) is 0 Å². The first-order chi connectivity index (χ1) is 14.2. The topological polar surface area (TPSA) is 78.1 Å². The van der Waals surface area contributed by atoms with Gasteiger partial charge >= 0.3 is 6.03 Å². The van der Waals surface area contributed by atoms with Gasteiger partial charge in [-0.05, 0) is 22.4 Å². The number of anilines is 1. The predicted molar refractivity (Wildman–Crippen MR) is 112 cm³/mol. The maximum absolute atomic E-state index is 12.5. The van der Waals surface area contributed by atoms with Crippen LogP contribution in [0, 0.1) is 5.92 Å². The van der Waals surface area contributed by atoms with Gasteiger partial charge in [0.25, 0.3) is 0 Å². The minimum absolute atomic E-state index is 0.0490. The second kappa shape index (κ2) is 8.86. The Morgan fingerprint density at radius 3 is 2.59 bits per heavy atom. The average molecular weight is 416 g/mol. The monoisotopic (exact) mass is 416 g/mol. The van der Waals surface area contributed by atoms with Crippen LogP contribution in [-0.2, 0) is 9.47 Å². The quantitative estimate of drug-likeness (QED) is 0.755. The number of hydrogen-bond donors (Lipinski definition) is 2. The first-order valence-electron chi connectivity index (χ1n) is 9.40. The highest BCUT2D eigenvalue weighted by Crippen LogP contribution is 2.33. The normalized spacial score (nSPS) is 25.7. The van der Waals surface area contributed by atoms with E-state index in [0.29, 0.717) is 30.4 Å². The van der Waals surface area contributed by atoms with Crippen molar-refractivity contribution < 1.29 is 23.7 Å². The lowest BCUT2D eigenvalue weighted by atomic mass is 9.99. The van der Waals surface area contributed by atoms with Gasteiger partial charge in [0.1, 0.15) is 17.6 Å². The Labute approximate surface area is 173 Å². The van der Waals surface area contributed by atoms with Crippen LogP contribution >= 0.6 is 11.3 Å². The Morgan fingerprint density at radius 1 is 1.14 bits per heavy atom. The molecule has 0 spiro atoms. The van der Waals surface area contributed by atoms with Gasteiger partial charge in [-0.25, -0.2) is 4.79 Å². The molecule has 0 unspecified atom stereocenters. The SMILES string of the molecule is COc1cc(NC(=O)N[C@H]2CO[C@H]3[C@@H]2OC[C@@H]3/C=C\c2ccsc2)cc(OC)c1. The number of nitrogens with one attached hydrogen (secondary N) is 2. The minimum atomic E-state index is -0.324. The molecule has 0 saturated carbocycles. The maximum Gasteiger partial charge on any atom is 0.319 e. The van der Waals surface area contributed by atoms with Crippen molar-refractivity contribution in [1.82, 2.24) is 5.32 Å². The van der Waals surface area contributed by atoms with Crippen LogP contribution in [0.2, 0.25) is 0 Å². The Kier molecular flexibility index (Phi) is 6.03. The third kappa shape index (κ3) is 4.55. The van der Waals surface area contributed by atoms with E-state index in [4.69, 9.17) is 18.9 Å². The fraction of sp³-hybridized carbons (Fsp3) is 0.381. The van der Waals surface area contributed by atoms with E-state index >= 15 is 0 Å². The van der Waals surface area contributed by atoms with Gasteiger partial charge in [0.2, 0.25) is 0 Å². The van der Waals surface area contributed by atoms with Gasteiger partial charge in [-0.3, -0.25) is 0 Å². The Hall–Kier alpha value is -2.55. The molecule has 2 aliphatic rings. The summed E-state index contributed by atoms with van der Waals surface area (Å²) in [6, 6.07) is 6.75. The molecule has 2 amide bonds. The first-order valence-corrected chi connectivity index (χ1v) is 10.3. The predicted octanol–water partition coefficient (Wildman–Crippen LogP) is 3.38. The van der Waals surface area contributed by atoms with Crippen molar-refractivity contribution >= 4 is 29.1 Å². The summed E-state index contributed by atoms with van der Waals surface area (Å²) < 4.78 is 22.3. The van der Waals surface area contributed by atoms with Crippen LogP contribution in [0.4, 0.5) is 10.5 Å². The second-order valence-corrected chi connectivity index (χ2v) is 7.76. The van der Waals surface area contributed by atoms with E-state index in [1.165, 1.54) is 5.56 Å². The van der Waals surface area contributed by atoms with Crippen LogP contribution in [0.5, 0.6) is 11.5 Å². The molecule has 1 aromatic carbocycles. The highest BCUT2D eigenvalue weighted by molar-refractivity contribution is 7.08. The molecule has 0 aliphatic carbocycles. The van der Waals surface area contributed by atoms with Gasteiger partial charge in [-0.2, -0.15) is 11.3 Å². The summed E-state index contributed by atoms with van der Waals surface area (Å²) in [7, 11) is 3.13. The van der Waals surface area contributed by atoms with Crippen molar-refractivity contribution in [3.05, 3.63) is 46.7 Å². The second-order valence-electron chi connectivity index (χ2n) is 6.98. The lowest BCUT2D eigenvalue weighted by molar-refractivity contribution is 0.0662. The fourth-order valence-corrected chi connectivity index (χ4v) is 4.27. The number of urea groups is 1. The van der Waals surface area contributed by atoms with Crippen molar-refractivity contribution in [3.63, 3.8) is 0 Å². The summed E-state index contributed by atoms with van der Waals surface area (Å²) in [6.45, 7) is 1.01. The lowest BCUT2D eigenvalue weighted by Crippen LogP contribution is -2.45. The number of fused-ring (bicyclic) bond motifs is 1. The van der Waals surface area contributed by atoms with E-state index in [2.05, 4.69) is 39.6 Å². The highest BCUT2D eigenvalue weighted by atomic mass is 32.1. The van der Waals surface area contributed by atoms with Crippen molar-refractivity contribution in [2.75, 3.05) is 32.8 Å². The number of benzene rings is 1. The number of thiophene rings is 1. The Morgan fingerprint density at radius 2 is 1.90 bits per heavy atom. The number of methoxy groups -OCH3 is 2. The third-order valence-electron chi connectivity index (χ3n) is 5.10. The Bertz CT molecular complexity index is 848.